The quantitative estimate of drug-likeness (QED) is 0.277. The second-order valence-corrected chi connectivity index (χ2v) is 7.93. The van der Waals surface area contributed by atoms with E-state index in [4.69, 9.17) is 14.6 Å². The first-order chi connectivity index (χ1) is 16.0. The standard InChI is InChI=1S/C26H29NO6/c1-2-16-32-25(30)23(14-4-3-5-15-24(28)29)27-26(31)33-17-22-20-12-8-6-10-18(20)19-11-7-9-13-21(19)22/h2,6-13,22-23H,1,3-5,14-17H2,(H,27,31)(H,28,29)/t23-/m0/s1. The van der Waals surface area contributed by atoms with Gasteiger partial charge in [-0.25, -0.2) is 9.59 Å². The molecule has 7 nitrogen and oxygen atoms in total. The Morgan fingerprint density at radius 3 is 2.21 bits per heavy atom. The Kier molecular flexibility index (Phi) is 8.63. The number of carboxylic acid groups (broad SMARTS) is 1. The van der Waals surface area contributed by atoms with Gasteiger partial charge in [-0.1, -0.05) is 74.0 Å². The van der Waals surface area contributed by atoms with E-state index < -0.39 is 24.1 Å². The number of hydrogen-bond acceptors (Lipinski definition) is 5. The van der Waals surface area contributed by atoms with Crippen molar-refractivity contribution in [2.75, 3.05) is 13.2 Å². The van der Waals surface area contributed by atoms with Crippen molar-refractivity contribution >= 4 is 18.0 Å². The van der Waals surface area contributed by atoms with E-state index in [1.54, 1.807) is 0 Å². The molecule has 0 saturated heterocycles. The van der Waals surface area contributed by atoms with Crippen LogP contribution < -0.4 is 5.32 Å². The van der Waals surface area contributed by atoms with Gasteiger partial charge in [0.1, 0.15) is 19.3 Å². The van der Waals surface area contributed by atoms with Crippen LogP contribution in [0.25, 0.3) is 11.1 Å². The van der Waals surface area contributed by atoms with Crippen LogP contribution in [-0.2, 0) is 19.1 Å². The van der Waals surface area contributed by atoms with Gasteiger partial charge in [0.05, 0.1) is 0 Å². The number of nitrogens with one attached hydrogen (secondary N) is 1. The van der Waals surface area contributed by atoms with Gasteiger partial charge >= 0.3 is 18.0 Å². The van der Waals surface area contributed by atoms with Crippen molar-refractivity contribution in [1.82, 2.24) is 5.32 Å². The first-order valence-corrected chi connectivity index (χ1v) is 11.1. The van der Waals surface area contributed by atoms with Gasteiger partial charge in [-0.2, -0.15) is 0 Å². The fraction of sp³-hybridized carbons (Fsp3) is 0.346. The number of rotatable bonds is 12. The number of carbonyl (C=O) groups is 3. The maximum atomic E-state index is 12.6. The fourth-order valence-electron chi connectivity index (χ4n) is 4.07. The van der Waals surface area contributed by atoms with Crippen molar-refractivity contribution in [1.29, 1.82) is 0 Å². The van der Waals surface area contributed by atoms with Crippen LogP contribution in [0.4, 0.5) is 4.79 Å². The molecule has 0 aliphatic heterocycles. The molecule has 0 fully saturated rings. The molecule has 0 aromatic heterocycles. The highest BCUT2D eigenvalue weighted by atomic mass is 16.6. The maximum absolute atomic E-state index is 12.6. The van der Waals surface area contributed by atoms with E-state index in [1.807, 2.05) is 36.4 Å². The van der Waals surface area contributed by atoms with Crippen LogP contribution in [0.2, 0.25) is 0 Å². The van der Waals surface area contributed by atoms with Crippen LogP contribution in [0.15, 0.2) is 61.2 Å². The lowest BCUT2D eigenvalue weighted by molar-refractivity contribution is -0.145. The summed E-state index contributed by atoms with van der Waals surface area (Å²) < 4.78 is 10.6. The number of hydrogen-bond donors (Lipinski definition) is 2. The van der Waals surface area contributed by atoms with E-state index in [9.17, 15) is 14.4 Å². The SMILES string of the molecule is C=CCOC(=O)[C@H](CCCCCC(=O)O)NC(=O)OCC1c2ccccc2-c2ccccc21. The summed E-state index contributed by atoms with van der Waals surface area (Å²) in [6, 6.07) is 15.2. The first kappa shape index (κ1) is 24.0. The summed E-state index contributed by atoms with van der Waals surface area (Å²) in [4.78, 5) is 35.6. The third-order valence-corrected chi connectivity index (χ3v) is 5.65. The summed E-state index contributed by atoms with van der Waals surface area (Å²) >= 11 is 0. The van der Waals surface area contributed by atoms with E-state index in [-0.39, 0.29) is 25.6 Å². The van der Waals surface area contributed by atoms with Crippen LogP contribution in [0.1, 0.15) is 49.1 Å². The predicted molar refractivity (Wildman–Crippen MR) is 124 cm³/mol. The highest BCUT2D eigenvalue weighted by Gasteiger charge is 2.30. The Balaban J connectivity index is 1.58. The van der Waals surface area contributed by atoms with E-state index in [1.165, 1.54) is 6.08 Å². The summed E-state index contributed by atoms with van der Waals surface area (Å²) in [6.07, 6.45) is 2.88. The molecular formula is C26H29NO6. The number of ether oxygens (including phenoxy) is 2. The van der Waals surface area contributed by atoms with Gasteiger partial charge in [-0.3, -0.25) is 4.79 Å². The predicted octanol–water partition coefficient (Wildman–Crippen LogP) is 4.66. The monoisotopic (exact) mass is 451 g/mol. The van der Waals surface area contributed by atoms with Crippen LogP contribution >= 0.6 is 0 Å². The highest BCUT2D eigenvalue weighted by molar-refractivity contribution is 5.82. The minimum absolute atomic E-state index is 0.0424. The molecule has 0 unspecified atom stereocenters. The molecule has 1 atom stereocenters. The first-order valence-electron chi connectivity index (χ1n) is 11.1. The molecule has 0 radical (unpaired) electrons. The average Bonchev–Trinajstić information content (AvgIpc) is 3.13. The third kappa shape index (κ3) is 6.44. The Labute approximate surface area is 193 Å². The molecule has 1 aliphatic rings. The van der Waals surface area contributed by atoms with Crippen LogP contribution in [0, 0.1) is 0 Å². The van der Waals surface area contributed by atoms with Crippen LogP contribution in [-0.4, -0.2) is 42.4 Å². The molecule has 0 bridgehead atoms. The lowest BCUT2D eigenvalue weighted by Crippen LogP contribution is -2.42. The summed E-state index contributed by atoms with van der Waals surface area (Å²) in [7, 11) is 0. The van der Waals surface area contributed by atoms with Gasteiger partial charge in [-0.15, -0.1) is 0 Å². The summed E-state index contributed by atoms with van der Waals surface area (Å²) in [5, 5.41) is 11.4. The summed E-state index contributed by atoms with van der Waals surface area (Å²) in [6.45, 7) is 3.71. The second-order valence-electron chi connectivity index (χ2n) is 7.93. The summed E-state index contributed by atoms with van der Waals surface area (Å²) in [5.41, 5.74) is 4.47. The molecule has 2 aromatic carbocycles. The lowest BCUT2D eigenvalue weighted by atomic mass is 9.98. The molecule has 0 spiro atoms. The maximum Gasteiger partial charge on any atom is 0.407 e. The van der Waals surface area contributed by atoms with Crippen LogP contribution in [0.5, 0.6) is 0 Å². The van der Waals surface area contributed by atoms with E-state index >= 15 is 0 Å². The number of benzene rings is 2. The number of alkyl carbamates (subject to hydrolysis) is 1. The molecule has 7 heteroatoms. The van der Waals surface area contributed by atoms with Gasteiger partial charge in [0.25, 0.3) is 0 Å². The van der Waals surface area contributed by atoms with E-state index in [0.717, 1.165) is 22.3 Å². The molecule has 33 heavy (non-hydrogen) atoms. The Morgan fingerprint density at radius 1 is 0.970 bits per heavy atom. The molecule has 2 N–H and O–H groups in total. The second kappa shape index (κ2) is 11.9. The average molecular weight is 452 g/mol. The summed E-state index contributed by atoms with van der Waals surface area (Å²) in [5.74, 6) is -1.50. The molecule has 3 rings (SSSR count). The van der Waals surface area contributed by atoms with Gasteiger partial charge in [0.2, 0.25) is 0 Å². The Morgan fingerprint density at radius 2 is 1.61 bits per heavy atom. The number of unbranched alkanes of at least 4 members (excludes halogenated alkanes) is 2. The molecular weight excluding hydrogens is 422 g/mol. The number of carboxylic acids is 1. The van der Waals surface area contributed by atoms with Gasteiger partial charge < -0.3 is 19.9 Å². The molecule has 174 valence electrons. The minimum atomic E-state index is -0.870. The van der Waals surface area contributed by atoms with Gasteiger partial charge in [-0.05, 0) is 35.1 Å². The van der Waals surface area contributed by atoms with E-state index in [0.29, 0.717) is 25.7 Å². The molecule has 0 saturated carbocycles. The largest absolute Gasteiger partial charge is 0.481 e. The smallest absolute Gasteiger partial charge is 0.407 e. The number of fused-ring (bicyclic) bond motifs is 3. The van der Waals surface area contributed by atoms with Crippen molar-refractivity contribution < 1.29 is 29.0 Å². The van der Waals surface area contributed by atoms with Crippen LogP contribution in [0.3, 0.4) is 0 Å². The van der Waals surface area contributed by atoms with Crippen molar-refractivity contribution in [3.8, 4) is 11.1 Å². The fourth-order valence-corrected chi connectivity index (χ4v) is 4.07. The van der Waals surface area contributed by atoms with Gasteiger partial charge in [0.15, 0.2) is 0 Å². The zero-order valence-corrected chi connectivity index (χ0v) is 18.5. The van der Waals surface area contributed by atoms with E-state index in [2.05, 4.69) is 24.0 Å². The minimum Gasteiger partial charge on any atom is -0.481 e. The Hall–Kier alpha value is -3.61. The molecule has 1 aliphatic carbocycles. The topological polar surface area (TPSA) is 102 Å². The number of amides is 1. The lowest BCUT2D eigenvalue weighted by Gasteiger charge is -2.19. The van der Waals surface area contributed by atoms with Crippen molar-refractivity contribution in [3.05, 3.63) is 72.3 Å². The number of carbonyl (C=O) groups excluding carboxylic acids is 2. The Bertz CT molecular complexity index is 956. The normalized spacial score (nSPS) is 12.8. The van der Waals surface area contributed by atoms with Crippen molar-refractivity contribution in [2.24, 2.45) is 0 Å². The molecule has 2 aromatic rings. The third-order valence-electron chi connectivity index (χ3n) is 5.65. The molecule has 1 amide bonds. The van der Waals surface area contributed by atoms with Crippen molar-refractivity contribution in [2.45, 2.75) is 44.1 Å². The van der Waals surface area contributed by atoms with Gasteiger partial charge in [0, 0.05) is 12.3 Å². The number of aliphatic carboxylic acids is 1. The highest BCUT2D eigenvalue weighted by Crippen LogP contribution is 2.44. The van der Waals surface area contributed by atoms with Crippen molar-refractivity contribution in [3.63, 3.8) is 0 Å². The number of esters is 1. The molecule has 0 heterocycles. The zero-order chi connectivity index (χ0) is 23.6. The zero-order valence-electron chi connectivity index (χ0n) is 18.5.